The normalized spacial score (nSPS) is 10.8. The molecule has 2 aromatic carbocycles. The van der Waals surface area contributed by atoms with Crippen molar-refractivity contribution >= 4 is 22.5 Å². The Morgan fingerprint density at radius 3 is 2.75 bits per heavy atom. The summed E-state index contributed by atoms with van der Waals surface area (Å²) in [5.74, 6) is 0.623. The number of anilines is 1. The van der Waals surface area contributed by atoms with Gasteiger partial charge in [-0.15, -0.1) is 0 Å². The van der Waals surface area contributed by atoms with Crippen molar-refractivity contribution in [2.24, 2.45) is 0 Å². The summed E-state index contributed by atoms with van der Waals surface area (Å²) < 4.78 is 7.51. The molecule has 1 N–H and O–H groups in total. The van der Waals surface area contributed by atoms with Gasteiger partial charge in [0.05, 0.1) is 12.3 Å². The second kappa shape index (κ2) is 7.21. The van der Waals surface area contributed by atoms with Crippen molar-refractivity contribution in [1.82, 2.24) is 4.57 Å². The molecule has 0 spiro atoms. The van der Waals surface area contributed by atoms with Crippen molar-refractivity contribution in [3.8, 4) is 5.75 Å². The number of carbonyl (C=O) groups is 1. The van der Waals surface area contributed by atoms with Crippen LogP contribution >= 0.6 is 0 Å². The number of rotatable bonds is 6. The molecular weight excluding hydrogens is 300 g/mol. The van der Waals surface area contributed by atoms with Crippen LogP contribution in [0.5, 0.6) is 5.75 Å². The van der Waals surface area contributed by atoms with Gasteiger partial charge in [0.1, 0.15) is 12.3 Å². The van der Waals surface area contributed by atoms with Crippen LogP contribution < -0.4 is 10.1 Å². The first-order valence-electron chi connectivity index (χ1n) is 8.30. The molecule has 0 fully saturated rings. The second-order valence-electron chi connectivity index (χ2n) is 5.67. The first-order chi connectivity index (χ1) is 11.7. The summed E-state index contributed by atoms with van der Waals surface area (Å²) in [5.41, 5.74) is 3.07. The van der Waals surface area contributed by atoms with Crippen molar-refractivity contribution in [3.05, 3.63) is 60.3 Å². The van der Waals surface area contributed by atoms with Gasteiger partial charge in [0, 0.05) is 11.7 Å². The van der Waals surface area contributed by atoms with Crippen LogP contribution in [0.15, 0.2) is 54.7 Å². The Morgan fingerprint density at radius 1 is 1.12 bits per heavy atom. The predicted octanol–water partition coefficient (Wildman–Crippen LogP) is 4.24. The molecule has 1 amide bonds. The molecule has 24 heavy (non-hydrogen) atoms. The molecule has 0 aliphatic carbocycles. The molecule has 0 radical (unpaired) electrons. The van der Waals surface area contributed by atoms with Gasteiger partial charge in [0.2, 0.25) is 5.91 Å². The van der Waals surface area contributed by atoms with E-state index in [0.717, 1.165) is 17.3 Å². The fourth-order valence-corrected chi connectivity index (χ4v) is 2.80. The lowest BCUT2D eigenvalue weighted by Crippen LogP contribution is -2.18. The Kier molecular flexibility index (Phi) is 4.85. The van der Waals surface area contributed by atoms with Crippen LogP contribution in [0.2, 0.25) is 0 Å². The van der Waals surface area contributed by atoms with E-state index in [0.29, 0.717) is 18.0 Å². The number of nitrogens with zero attached hydrogens (tertiary/aromatic N) is 1. The molecule has 0 atom stereocenters. The number of fused-ring (bicyclic) bond motifs is 1. The molecule has 4 nitrogen and oxygen atoms in total. The quantitative estimate of drug-likeness (QED) is 0.737. The van der Waals surface area contributed by atoms with E-state index in [2.05, 4.69) is 36.5 Å². The zero-order valence-corrected chi connectivity index (χ0v) is 14.1. The maximum Gasteiger partial charge on any atom is 0.244 e. The molecule has 0 bridgehead atoms. The first kappa shape index (κ1) is 16.1. The van der Waals surface area contributed by atoms with Gasteiger partial charge in [-0.3, -0.25) is 4.79 Å². The third-order valence-corrected chi connectivity index (χ3v) is 4.02. The number of amides is 1. The first-order valence-corrected chi connectivity index (χ1v) is 8.30. The molecule has 3 rings (SSSR count). The SMILES string of the molecule is CCOc1ccccc1NC(=O)Cn1ccc2cc(CC)ccc21. The monoisotopic (exact) mass is 322 g/mol. The highest BCUT2D eigenvalue weighted by atomic mass is 16.5. The number of benzene rings is 2. The summed E-state index contributed by atoms with van der Waals surface area (Å²) in [7, 11) is 0. The van der Waals surface area contributed by atoms with E-state index in [1.807, 2.05) is 42.0 Å². The number of aromatic nitrogens is 1. The Bertz CT molecular complexity index is 852. The third-order valence-electron chi connectivity index (χ3n) is 4.02. The Morgan fingerprint density at radius 2 is 1.96 bits per heavy atom. The lowest BCUT2D eigenvalue weighted by atomic mass is 10.1. The van der Waals surface area contributed by atoms with Gasteiger partial charge in [-0.25, -0.2) is 0 Å². The number of nitrogens with one attached hydrogen (secondary N) is 1. The predicted molar refractivity (Wildman–Crippen MR) is 97.6 cm³/mol. The van der Waals surface area contributed by atoms with Gasteiger partial charge in [-0.2, -0.15) is 0 Å². The second-order valence-corrected chi connectivity index (χ2v) is 5.67. The summed E-state index contributed by atoms with van der Waals surface area (Å²) in [5, 5.41) is 4.10. The highest BCUT2D eigenvalue weighted by molar-refractivity contribution is 5.93. The standard InChI is InChI=1S/C20H22N2O2/c1-3-15-9-10-18-16(13-15)11-12-22(18)14-20(23)21-17-7-5-6-8-19(17)24-4-2/h5-13H,3-4,14H2,1-2H3,(H,21,23). The zero-order chi connectivity index (χ0) is 16.9. The van der Waals surface area contributed by atoms with Crippen molar-refractivity contribution in [1.29, 1.82) is 0 Å². The van der Waals surface area contributed by atoms with Gasteiger partial charge in [0.25, 0.3) is 0 Å². The summed E-state index contributed by atoms with van der Waals surface area (Å²) in [6.45, 7) is 4.90. The molecule has 0 unspecified atom stereocenters. The van der Waals surface area contributed by atoms with E-state index >= 15 is 0 Å². The van der Waals surface area contributed by atoms with Crippen LogP contribution in [0.3, 0.4) is 0 Å². The highest BCUT2D eigenvalue weighted by Crippen LogP contribution is 2.24. The van der Waals surface area contributed by atoms with Gasteiger partial charge in [-0.1, -0.05) is 25.1 Å². The van der Waals surface area contributed by atoms with Crippen LogP contribution in [0, 0.1) is 0 Å². The van der Waals surface area contributed by atoms with Crippen molar-refractivity contribution in [2.45, 2.75) is 26.8 Å². The molecule has 0 aliphatic rings. The summed E-state index contributed by atoms with van der Waals surface area (Å²) in [6.07, 6.45) is 2.97. The minimum absolute atomic E-state index is 0.0702. The summed E-state index contributed by atoms with van der Waals surface area (Å²) in [4.78, 5) is 12.4. The largest absolute Gasteiger partial charge is 0.492 e. The number of ether oxygens (including phenoxy) is 1. The Balaban J connectivity index is 1.76. The molecule has 4 heteroatoms. The Labute approximate surface area is 142 Å². The third kappa shape index (κ3) is 3.43. The zero-order valence-electron chi connectivity index (χ0n) is 14.1. The Hall–Kier alpha value is -2.75. The van der Waals surface area contributed by atoms with Crippen LogP contribution in [-0.4, -0.2) is 17.1 Å². The fraction of sp³-hybridized carbons (Fsp3) is 0.250. The smallest absolute Gasteiger partial charge is 0.244 e. The lowest BCUT2D eigenvalue weighted by Gasteiger charge is -2.12. The lowest BCUT2D eigenvalue weighted by molar-refractivity contribution is -0.116. The number of hydrogen-bond acceptors (Lipinski definition) is 2. The molecule has 1 heterocycles. The van der Waals surface area contributed by atoms with Crippen LogP contribution in [-0.2, 0) is 17.8 Å². The average molecular weight is 322 g/mol. The van der Waals surface area contributed by atoms with Crippen molar-refractivity contribution < 1.29 is 9.53 Å². The van der Waals surface area contributed by atoms with Crippen LogP contribution in [0.1, 0.15) is 19.4 Å². The van der Waals surface area contributed by atoms with E-state index < -0.39 is 0 Å². The van der Waals surface area contributed by atoms with Crippen molar-refractivity contribution in [2.75, 3.05) is 11.9 Å². The number of aryl methyl sites for hydroxylation is 1. The summed E-state index contributed by atoms with van der Waals surface area (Å²) in [6, 6.07) is 15.9. The number of hydrogen-bond donors (Lipinski definition) is 1. The van der Waals surface area contributed by atoms with Crippen LogP contribution in [0.25, 0.3) is 10.9 Å². The van der Waals surface area contributed by atoms with E-state index in [4.69, 9.17) is 4.74 Å². The van der Waals surface area contributed by atoms with E-state index in [1.165, 1.54) is 5.56 Å². The molecule has 3 aromatic rings. The molecule has 124 valence electrons. The van der Waals surface area contributed by atoms with Crippen LogP contribution in [0.4, 0.5) is 5.69 Å². The van der Waals surface area contributed by atoms with Gasteiger partial charge >= 0.3 is 0 Å². The van der Waals surface area contributed by atoms with Gasteiger partial charge < -0.3 is 14.6 Å². The fourth-order valence-electron chi connectivity index (χ4n) is 2.80. The van der Waals surface area contributed by atoms with E-state index in [1.54, 1.807) is 0 Å². The van der Waals surface area contributed by atoms with Gasteiger partial charge in [-0.05, 0) is 54.6 Å². The molecule has 0 aliphatic heterocycles. The summed E-state index contributed by atoms with van der Waals surface area (Å²) >= 11 is 0. The van der Waals surface area contributed by atoms with E-state index in [-0.39, 0.29) is 12.5 Å². The molecule has 0 saturated heterocycles. The number of para-hydroxylation sites is 2. The molecule has 0 saturated carbocycles. The number of carbonyl (C=O) groups excluding carboxylic acids is 1. The minimum atomic E-state index is -0.0702. The topological polar surface area (TPSA) is 43.3 Å². The average Bonchev–Trinajstić information content (AvgIpc) is 2.99. The van der Waals surface area contributed by atoms with Gasteiger partial charge in [0.15, 0.2) is 0 Å². The highest BCUT2D eigenvalue weighted by Gasteiger charge is 2.10. The minimum Gasteiger partial charge on any atom is -0.492 e. The maximum absolute atomic E-state index is 12.4. The van der Waals surface area contributed by atoms with Crippen molar-refractivity contribution in [3.63, 3.8) is 0 Å². The molecular formula is C20H22N2O2. The molecule has 1 aromatic heterocycles. The maximum atomic E-state index is 12.4. The van der Waals surface area contributed by atoms with E-state index in [9.17, 15) is 4.79 Å².